The highest BCUT2D eigenvalue weighted by Crippen LogP contribution is 2.15. The van der Waals surface area contributed by atoms with E-state index in [2.05, 4.69) is 44.1 Å². The maximum atomic E-state index is 4.13. The van der Waals surface area contributed by atoms with Crippen molar-refractivity contribution in [3.8, 4) is 0 Å². The average Bonchev–Trinajstić information content (AvgIpc) is 2.76. The summed E-state index contributed by atoms with van der Waals surface area (Å²) in [4.78, 5) is 0. The van der Waals surface area contributed by atoms with Crippen LogP contribution in [0.25, 0.3) is 12.2 Å². The molecule has 0 saturated heterocycles. The highest BCUT2D eigenvalue weighted by atomic mass is 15.9. The molecule has 8 heteroatoms. The number of hydrogen-bond acceptors (Lipinski definition) is 8. The number of hydrogen-bond donors (Lipinski definition) is 4. The summed E-state index contributed by atoms with van der Waals surface area (Å²) in [5, 5.41) is 11.3. The lowest BCUT2D eigenvalue weighted by Crippen LogP contribution is -2.36. The number of allylic oxidation sites excluding steroid dienone is 2. The first-order chi connectivity index (χ1) is 13.8. The summed E-state index contributed by atoms with van der Waals surface area (Å²) in [6, 6.07) is 16.2. The molecule has 4 rings (SSSR count). The molecule has 2 aromatic rings. The molecule has 0 spiro atoms. The molecule has 2 heterocycles. The van der Waals surface area contributed by atoms with Crippen molar-refractivity contribution >= 4 is 36.0 Å². The predicted molar refractivity (Wildman–Crippen MR) is 114 cm³/mol. The van der Waals surface area contributed by atoms with E-state index < -0.39 is 0 Å². The zero-order valence-electron chi connectivity index (χ0n) is 15.0. The van der Waals surface area contributed by atoms with Crippen molar-refractivity contribution in [3.05, 3.63) is 84.2 Å². The lowest BCUT2D eigenvalue weighted by Gasteiger charge is -2.21. The van der Waals surface area contributed by atoms with Gasteiger partial charge in [0.25, 0.3) is 0 Å². The Labute approximate surface area is 163 Å². The Hall–Kier alpha value is -4.20. The maximum Gasteiger partial charge on any atom is 0.0578 e. The van der Waals surface area contributed by atoms with E-state index in [-0.39, 0.29) is 0 Å². The molecule has 0 aromatic heterocycles. The second kappa shape index (κ2) is 8.45. The molecule has 0 radical (unpaired) electrons. The Morgan fingerprint density at radius 3 is 1.43 bits per heavy atom. The van der Waals surface area contributed by atoms with Crippen LogP contribution in [0.15, 0.2) is 83.3 Å². The molecule has 0 aliphatic carbocycles. The van der Waals surface area contributed by atoms with E-state index in [1.54, 1.807) is 35.3 Å². The van der Waals surface area contributed by atoms with Gasteiger partial charge in [0.2, 0.25) is 0 Å². The van der Waals surface area contributed by atoms with Gasteiger partial charge in [-0.3, -0.25) is 21.7 Å². The standard InChI is InChI=1S/C20H20N8/c1-13-21-27(22-14-1)25-19-9-5-17(6-10-19)3-4-18-7-11-20(12-8-18)26-28-23-15-2-16-24-28/h1-16,21,23,25-26H. The Balaban J connectivity index is 1.32. The van der Waals surface area contributed by atoms with Crippen LogP contribution in [-0.2, 0) is 0 Å². The number of benzene rings is 2. The first-order valence-corrected chi connectivity index (χ1v) is 8.77. The first kappa shape index (κ1) is 17.2. The zero-order valence-corrected chi connectivity index (χ0v) is 15.0. The third kappa shape index (κ3) is 4.70. The van der Waals surface area contributed by atoms with E-state index in [0.717, 1.165) is 22.5 Å². The van der Waals surface area contributed by atoms with E-state index >= 15 is 0 Å². The average molecular weight is 372 g/mol. The van der Waals surface area contributed by atoms with Gasteiger partial charge in [0.15, 0.2) is 0 Å². The predicted octanol–water partition coefficient (Wildman–Crippen LogP) is 3.15. The highest BCUT2D eigenvalue weighted by molar-refractivity contribution is 5.72. The van der Waals surface area contributed by atoms with Crippen molar-refractivity contribution < 1.29 is 0 Å². The Morgan fingerprint density at radius 2 is 1.07 bits per heavy atom. The smallest absolute Gasteiger partial charge is 0.0578 e. The lowest BCUT2D eigenvalue weighted by atomic mass is 10.1. The van der Waals surface area contributed by atoms with E-state index in [1.807, 2.05) is 60.7 Å². The summed E-state index contributed by atoms with van der Waals surface area (Å²) in [7, 11) is 0. The normalized spacial score (nSPS) is 14.9. The fourth-order valence-corrected chi connectivity index (χ4v) is 2.49. The minimum Gasteiger partial charge on any atom is -0.270 e. The summed E-state index contributed by atoms with van der Waals surface area (Å²) in [6.07, 6.45) is 14.8. The summed E-state index contributed by atoms with van der Waals surface area (Å²) in [6.45, 7) is 0. The van der Waals surface area contributed by atoms with Crippen LogP contribution < -0.4 is 21.7 Å². The monoisotopic (exact) mass is 372 g/mol. The highest BCUT2D eigenvalue weighted by Gasteiger charge is 2.01. The number of hydrazone groups is 2. The second-order valence-electron chi connectivity index (χ2n) is 5.93. The minimum absolute atomic E-state index is 0.941. The SMILES string of the molecule is C1=CNN(Nc2ccc(C=Cc3ccc(NN4N=CC=CN4)cc3)cc2)N=C1. The van der Waals surface area contributed by atoms with Gasteiger partial charge in [-0.2, -0.15) is 0 Å². The second-order valence-corrected chi connectivity index (χ2v) is 5.93. The fourth-order valence-electron chi connectivity index (χ4n) is 2.49. The van der Waals surface area contributed by atoms with Crippen LogP contribution in [0.3, 0.4) is 0 Å². The summed E-state index contributed by atoms with van der Waals surface area (Å²) >= 11 is 0. The van der Waals surface area contributed by atoms with E-state index in [4.69, 9.17) is 0 Å². The number of hydrazine groups is 4. The molecule has 0 atom stereocenters. The molecule has 2 aliphatic rings. The van der Waals surface area contributed by atoms with E-state index in [0.29, 0.717) is 0 Å². The molecule has 0 amide bonds. The summed E-state index contributed by atoms with van der Waals surface area (Å²) in [5.41, 5.74) is 16.3. The molecule has 4 N–H and O–H groups in total. The van der Waals surface area contributed by atoms with Crippen LogP contribution >= 0.6 is 0 Å². The Bertz CT molecular complexity index is 848. The largest absolute Gasteiger partial charge is 0.270 e. The van der Waals surface area contributed by atoms with E-state index in [9.17, 15) is 0 Å². The number of nitrogens with zero attached hydrogens (tertiary/aromatic N) is 4. The molecule has 0 bridgehead atoms. The molecule has 28 heavy (non-hydrogen) atoms. The van der Waals surface area contributed by atoms with Crippen molar-refractivity contribution in [1.82, 2.24) is 21.3 Å². The number of rotatable bonds is 6. The van der Waals surface area contributed by atoms with Crippen LogP contribution in [0.4, 0.5) is 11.4 Å². The topological polar surface area (TPSA) is 79.3 Å². The molecular weight excluding hydrogens is 352 g/mol. The lowest BCUT2D eigenvalue weighted by molar-refractivity contribution is 0.285. The van der Waals surface area contributed by atoms with Gasteiger partial charge in [-0.05, 0) is 47.5 Å². The molecular formula is C20H20N8. The molecule has 0 fully saturated rings. The van der Waals surface area contributed by atoms with Crippen LogP contribution in [0.5, 0.6) is 0 Å². The van der Waals surface area contributed by atoms with Gasteiger partial charge >= 0.3 is 0 Å². The van der Waals surface area contributed by atoms with Crippen molar-refractivity contribution in [2.75, 3.05) is 10.9 Å². The van der Waals surface area contributed by atoms with Gasteiger partial charge in [-0.1, -0.05) is 36.4 Å². The van der Waals surface area contributed by atoms with Crippen LogP contribution in [0.2, 0.25) is 0 Å². The molecule has 8 nitrogen and oxygen atoms in total. The minimum atomic E-state index is 0.941. The Morgan fingerprint density at radius 1 is 0.643 bits per heavy atom. The fraction of sp³-hybridized carbons (Fsp3) is 0. The molecule has 2 aliphatic heterocycles. The van der Waals surface area contributed by atoms with Crippen LogP contribution in [0.1, 0.15) is 11.1 Å². The van der Waals surface area contributed by atoms with Gasteiger partial charge in [0.1, 0.15) is 0 Å². The van der Waals surface area contributed by atoms with Crippen molar-refractivity contribution in [2.24, 2.45) is 10.2 Å². The molecule has 140 valence electrons. The quantitative estimate of drug-likeness (QED) is 0.584. The van der Waals surface area contributed by atoms with Crippen molar-refractivity contribution in [1.29, 1.82) is 0 Å². The molecule has 0 unspecified atom stereocenters. The van der Waals surface area contributed by atoms with Gasteiger partial charge in [-0.25, -0.2) is 0 Å². The van der Waals surface area contributed by atoms with Gasteiger partial charge < -0.3 is 0 Å². The Kier molecular flexibility index (Phi) is 5.20. The summed E-state index contributed by atoms with van der Waals surface area (Å²) < 4.78 is 0. The summed E-state index contributed by atoms with van der Waals surface area (Å²) in [5.74, 6) is 0. The first-order valence-electron chi connectivity index (χ1n) is 8.77. The molecule has 0 saturated carbocycles. The van der Waals surface area contributed by atoms with Crippen molar-refractivity contribution in [2.45, 2.75) is 0 Å². The zero-order chi connectivity index (χ0) is 19.0. The number of anilines is 2. The number of nitrogens with one attached hydrogen (secondary N) is 4. The molecule has 2 aromatic carbocycles. The van der Waals surface area contributed by atoms with Crippen LogP contribution in [0, 0.1) is 0 Å². The third-order valence-corrected chi connectivity index (χ3v) is 3.88. The van der Waals surface area contributed by atoms with Crippen LogP contribution in [-0.4, -0.2) is 22.9 Å². The van der Waals surface area contributed by atoms with E-state index in [1.165, 1.54) is 0 Å². The van der Waals surface area contributed by atoms with Gasteiger partial charge in [0, 0.05) is 12.4 Å². The third-order valence-electron chi connectivity index (χ3n) is 3.88. The van der Waals surface area contributed by atoms with Gasteiger partial charge in [0.05, 0.1) is 23.8 Å². The maximum absolute atomic E-state index is 4.13. The van der Waals surface area contributed by atoms with Crippen molar-refractivity contribution in [3.63, 3.8) is 0 Å². The van der Waals surface area contributed by atoms with Gasteiger partial charge in [-0.15, -0.1) is 20.7 Å².